The van der Waals surface area contributed by atoms with Crippen molar-refractivity contribution in [3.63, 3.8) is 0 Å². The van der Waals surface area contributed by atoms with E-state index in [0.29, 0.717) is 6.07 Å². The minimum atomic E-state index is -8.31. The lowest BCUT2D eigenvalue weighted by molar-refractivity contribution is -0.419. The summed E-state index contributed by atoms with van der Waals surface area (Å²) in [5, 5.41) is -9.34. The van der Waals surface area contributed by atoms with Crippen LogP contribution in [0.3, 0.4) is 0 Å². The van der Waals surface area contributed by atoms with Gasteiger partial charge in [0.1, 0.15) is 0 Å². The van der Waals surface area contributed by atoms with E-state index in [1.807, 2.05) is 0 Å². The van der Waals surface area contributed by atoms with E-state index in [9.17, 15) is 69.5 Å². The number of rotatable bonds is 9. The SMILES string of the molecule is O=S(=O)(c1ccc(Cl)cc1)c1ccc(Cl)c(C(F)(F)C(F)(F)C(F)(F)C(F)(F)C(F)(F)C(F)(F)S(=O)(=O)O)c1. The van der Waals surface area contributed by atoms with Gasteiger partial charge in [-0.25, -0.2) is 8.42 Å². The Bertz CT molecular complexity index is 1480. The second-order valence-electron chi connectivity index (χ2n) is 7.46. The highest BCUT2D eigenvalue weighted by Crippen LogP contribution is 2.63. The molecule has 0 aromatic heterocycles. The molecule has 2 aromatic rings. The summed E-state index contributed by atoms with van der Waals surface area (Å²) in [5.74, 6) is -39.3. The van der Waals surface area contributed by atoms with Crippen LogP contribution in [0, 0.1) is 0 Å². The van der Waals surface area contributed by atoms with Crippen molar-refractivity contribution in [3.05, 3.63) is 58.1 Å². The van der Waals surface area contributed by atoms with E-state index >= 15 is 0 Å². The number of hydrogen-bond acceptors (Lipinski definition) is 4. The van der Waals surface area contributed by atoms with Crippen LogP contribution in [-0.4, -0.2) is 50.3 Å². The minimum absolute atomic E-state index is 0.0449. The molecular formula is C18H8Cl2F12O5S2. The predicted molar refractivity (Wildman–Crippen MR) is 109 cm³/mol. The predicted octanol–water partition coefficient (Wildman–Crippen LogP) is 6.94. The highest BCUT2D eigenvalue weighted by molar-refractivity contribution is 7.91. The van der Waals surface area contributed by atoms with E-state index in [0.717, 1.165) is 24.3 Å². The number of alkyl halides is 12. The fourth-order valence-electron chi connectivity index (χ4n) is 2.77. The van der Waals surface area contributed by atoms with E-state index < -0.39 is 81.3 Å². The normalized spacial score (nSPS) is 14.9. The van der Waals surface area contributed by atoms with Gasteiger partial charge in [0.05, 0.1) is 14.8 Å². The van der Waals surface area contributed by atoms with Gasteiger partial charge in [-0.15, -0.1) is 0 Å². The molecular weight excluding hydrogens is 659 g/mol. The molecule has 0 spiro atoms. The van der Waals surface area contributed by atoms with Gasteiger partial charge in [0.15, 0.2) is 0 Å². The topological polar surface area (TPSA) is 88.5 Å². The van der Waals surface area contributed by atoms with Crippen LogP contribution in [0.15, 0.2) is 52.3 Å². The van der Waals surface area contributed by atoms with Crippen molar-refractivity contribution in [2.45, 2.75) is 44.7 Å². The smallest absolute Gasteiger partial charge is 0.281 e. The molecule has 0 radical (unpaired) electrons. The van der Waals surface area contributed by atoms with Gasteiger partial charge < -0.3 is 0 Å². The zero-order valence-corrected chi connectivity index (χ0v) is 20.9. The van der Waals surface area contributed by atoms with Gasteiger partial charge >= 0.3 is 45.0 Å². The highest BCUT2D eigenvalue weighted by atomic mass is 35.5. The van der Waals surface area contributed by atoms with Crippen LogP contribution in [0.4, 0.5) is 52.7 Å². The summed E-state index contributed by atoms with van der Waals surface area (Å²) in [7, 11) is -12.7. The Hall–Kier alpha value is -1.96. The van der Waals surface area contributed by atoms with Crippen molar-refractivity contribution in [1.29, 1.82) is 0 Å². The third kappa shape index (κ3) is 4.82. The molecule has 0 aliphatic rings. The van der Waals surface area contributed by atoms with Crippen LogP contribution >= 0.6 is 23.2 Å². The number of hydrogen-bond donors (Lipinski definition) is 1. The lowest BCUT2D eigenvalue weighted by Gasteiger charge is -2.40. The Balaban J connectivity index is 2.75. The van der Waals surface area contributed by atoms with Crippen molar-refractivity contribution in [2.75, 3.05) is 0 Å². The second-order valence-corrected chi connectivity index (χ2v) is 11.7. The molecule has 0 saturated heterocycles. The summed E-state index contributed by atoms with van der Waals surface area (Å²) in [6, 6.07) is 3.42. The highest BCUT2D eigenvalue weighted by Gasteiger charge is 2.92. The maximum absolute atomic E-state index is 14.7. The minimum Gasteiger partial charge on any atom is -0.281 e. The van der Waals surface area contributed by atoms with Crippen LogP contribution in [0.2, 0.25) is 10.0 Å². The standard InChI is InChI=1S/C18H8Cl2F12O5S2/c19-8-1-3-9(4-2-8)38(33,34)10-5-6-12(20)11(7-10)13(21,22)14(23,24)15(25,26)16(27,28)17(29,30)18(31,32)39(35,36)37/h1-7H,(H,35,36,37). The largest absolute Gasteiger partial charge is 0.438 e. The van der Waals surface area contributed by atoms with Crippen LogP contribution in [0.5, 0.6) is 0 Å². The van der Waals surface area contributed by atoms with Crippen molar-refractivity contribution in [2.24, 2.45) is 0 Å². The van der Waals surface area contributed by atoms with Crippen LogP contribution in [-0.2, 0) is 25.9 Å². The molecule has 1 N–H and O–H groups in total. The van der Waals surface area contributed by atoms with Crippen molar-refractivity contribution in [1.82, 2.24) is 0 Å². The first kappa shape index (κ1) is 33.2. The van der Waals surface area contributed by atoms with Crippen LogP contribution in [0.25, 0.3) is 0 Å². The zero-order valence-electron chi connectivity index (χ0n) is 17.7. The summed E-state index contributed by atoms with van der Waals surface area (Å²) >= 11 is 10.8. The van der Waals surface area contributed by atoms with Gasteiger partial charge in [-0.3, -0.25) is 4.55 Å². The van der Waals surface area contributed by atoms with Gasteiger partial charge in [-0.05, 0) is 42.5 Å². The quantitative estimate of drug-likeness (QED) is 0.231. The van der Waals surface area contributed by atoms with Gasteiger partial charge in [0, 0.05) is 10.6 Å². The summed E-state index contributed by atoms with van der Waals surface area (Å²) in [6.07, 6.45) is 0. The van der Waals surface area contributed by atoms with E-state index in [1.165, 1.54) is 0 Å². The first-order valence-corrected chi connectivity index (χ1v) is 12.8. The molecule has 0 aliphatic carbocycles. The van der Waals surface area contributed by atoms with Gasteiger partial charge in [-0.1, -0.05) is 23.2 Å². The molecule has 0 heterocycles. The monoisotopic (exact) mass is 666 g/mol. The average Bonchev–Trinajstić information content (AvgIpc) is 2.77. The van der Waals surface area contributed by atoms with Crippen LogP contribution in [0.1, 0.15) is 5.56 Å². The Morgan fingerprint density at radius 1 is 0.590 bits per heavy atom. The molecule has 39 heavy (non-hydrogen) atoms. The Labute approximate surface area is 220 Å². The zero-order chi connectivity index (χ0) is 30.8. The molecule has 2 aromatic carbocycles. The lowest BCUT2D eigenvalue weighted by Crippen LogP contribution is -2.71. The first-order valence-electron chi connectivity index (χ1n) is 9.17. The Morgan fingerprint density at radius 2 is 1.00 bits per heavy atom. The maximum atomic E-state index is 14.7. The lowest BCUT2D eigenvalue weighted by atomic mass is 9.91. The molecule has 220 valence electrons. The van der Waals surface area contributed by atoms with Crippen molar-refractivity contribution < 1.29 is 74.1 Å². The number of benzene rings is 2. The fraction of sp³-hybridized carbons (Fsp3) is 0.333. The summed E-state index contributed by atoms with van der Waals surface area (Å²) in [4.78, 5) is -2.14. The first-order chi connectivity index (χ1) is 17.1. The van der Waals surface area contributed by atoms with Crippen molar-refractivity contribution in [3.8, 4) is 0 Å². The van der Waals surface area contributed by atoms with E-state index in [4.69, 9.17) is 27.8 Å². The Kier molecular flexibility index (Phi) is 8.15. The van der Waals surface area contributed by atoms with E-state index in [1.54, 1.807) is 0 Å². The average molecular weight is 667 g/mol. The summed E-state index contributed by atoms with van der Waals surface area (Å²) in [5.41, 5.74) is -2.66. The molecule has 0 aliphatic heterocycles. The van der Waals surface area contributed by atoms with Crippen molar-refractivity contribution >= 4 is 43.2 Å². The van der Waals surface area contributed by atoms with Gasteiger partial charge in [0.25, 0.3) is 0 Å². The third-order valence-electron chi connectivity index (χ3n) is 4.98. The maximum Gasteiger partial charge on any atom is 0.438 e. The molecule has 5 nitrogen and oxygen atoms in total. The molecule has 0 fully saturated rings. The number of halogens is 14. The van der Waals surface area contributed by atoms with Gasteiger partial charge in [0.2, 0.25) is 9.84 Å². The molecule has 0 unspecified atom stereocenters. The Morgan fingerprint density at radius 3 is 1.44 bits per heavy atom. The second kappa shape index (κ2) is 9.56. The third-order valence-corrected chi connectivity index (χ3v) is 8.23. The fourth-order valence-corrected chi connectivity index (χ4v) is 4.87. The molecule has 0 bridgehead atoms. The summed E-state index contributed by atoms with van der Waals surface area (Å²) < 4.78 is 222. The van der Waals surface area contributed by atoms with E-state index in [2.05, 4.69) is 0 Å². The molecule has 2 rings (SSSR count). The van der Waals surface area contributed by atoms with Gasteiger partial charge in [-0.2, -0.15) is 61.1 Å². The number of sulfone groups is 1. The van der Waals surface area contributed by atoms with E-state index in [-0.39, 0.29) is 11.1 Å². The summed E-state index contributed by atoms with van der Waals surface area (Å²) in [6.45, 7) is 0. The molecule has 0 amide bonds. The molecule has 21 heteroatoms. The van der Waals surface area contributed by atoms with Crippen LogP contribution < -0.4 is 0 Å². The molecule has 0 atom stereocenters. The molecule has 0 saturated carbocycles.